The van der Waals surface area contributed by atoms with E-state index in [4.69, 9.17) is 0 Å². The van der Waals surface area contributed by atoms with Crippen molar-refractivity contribution in [3.8, 4) is 0 Å². The Kier molecular flexibility index (Phi) is 10.3. The van der Waals surface area contributed by atoms with Crippen molar-refractivity contribution in [3.05, 3.63) is 70.3 Å². The van der Waals surface area contributed by atoms with Gasteiger partial charge < -0.3 is 10.2 Å². The lowest BCUT2D eigenvalue weighted by atomic mass is 10.1. The van der Waals surface area contributed by atoms with Gasteiger partial charge in [-0.15, -0.1) is 11.8 Å². The fraction of sp³-hybridized carbons (Fsp3) is 0.481. The summed E-state index contributed by atoms with van der Waals surface area (Å²) in [7, 11) is 0. The molecule has 5 heteroatoms. The fourth-order valence-electron chi connectivity index (χ4n) is 3.84. The third-order valence-electron chi connectivity index (χ3n) is 5.28. The van der Waals surface area contributed by atoms with Crippen LogP contribution in [0.15, 0.2) is 42.5 Å². The second kappa shape index (κ2) is 12.7. The summed E-state index contributed by atoms with van der Waals surface area (Å²) < 4.78 is 0. The number of nitrogens with zero attached hydrogens (tertiary/aromatic N) is 1. The van der Waals surface area contributed by atoms with Crippen LogP contribution in [0.2, 0.25) is 0 Å². The first-order valence-corrected chi connectivity index (χ1v) is 12.6. The van der Waals surface area contributed by atoms with Crippen LogP contribution in [0.3, 0.4) is 0 Å². The Morgan fingerprint density at radius 3 is 2.22 bits per heavy atom. The maximum atomic E-state index is 13.3. The van der Waals surface area contributed by atoms with E-state index in [1.807, 2.05) is 32.0 Å². The zero-order valence-corrected chi connectivity index (χ0v) is 21.2. The van der Waals surface area contributed by atoms with Gasteiger partial charge in [0.05, 0.1) is 5.75 Å². The monoisotopic (exact) mass is 454 g/mol. The van der Waals surface area contributed by atoms with Gasteiger partial charge in [-0.05, 0) is 44.2 Å². The topological polar surface area (TPSA) is 49.4 Å². The summed E-state index contributed by atoms with van der Waals surface area (Å²) in [5.41, 5.74) is 5.90. The molecule has 0 aliphatic rings. The molecule has 0 aliphatic carbocycles. The molecule has 0 unspecified atom stereocenters. The Morgan fingerprint density at radius 1 is 0.969 bits per heavy atom. The van der Waals surface area contributed by atoms with E-state index in [0.717, 1.165) is 16.9 Å². The summed E-state index contributed by atoms with van der Waals surface area (Å²) in [5, 5.41) is 3.02. The van der Waals surface area contributed by atoms with Crippen molar-refractivity contribution in [1.29, 1.82) is 0 Å². The Bertz CT molecular complexity index is 890. The zero-order chi connectivity index (χ0) is 23.7. The van der Waals surface area contributed by atoms with Crippen LogP contribution in [0.4, 0.5) is 0 Å². The minimum absolute atomic E-state index is 0.00688. The maximum absolute atomic E-state index is 13.3. The van der Waals surface area contributed by atoms with Crippen molar-refractivity contribution in [1.82, 2.24) is 10.2 Å². The summed E-state index contributed by atoms with van der Waals surface area (Å²) in [5.74, 6) is 1.44. The average Bonchev–Trinajstić information content (AvgIpc) is 2.71. The van der Waals surface area contributed by atoms with Gasteiger partial charge in [0.25, 0.3) is 0 Å². The highest BCUT2D eigenvalue weighted by molar-refractivity contribution is 7.99. The van der Waals surface area contributed by atoms with Crippen molar-refractivity contribution >= 4 is 23.6 Å². The van der Waals surface area contributed by atoms with Crippen molar-refractivity contribution in [2.75, 3.05) is 12.3 Å². The number of rotatable bonds is 11. The second-order valence-electron chi connectivity index (χ2n) is 9.06. The molecule has 0 aromatic heterocycles. The molecule has 32 heavy (non-hydrogen) atoms. The molecule has 0 aliphatic heterocycles. The highest BCUT2D eigenvalue weighted by atomic mass is 32.2. The molecule has 0 bridgehead atoms. The van der Waals surface area contributed by atoms with E-state index in [1.165, 1.54) is 16.7 Å². The summed E-state index contributed by atoms with van der Waals surface area (Å²) in [4.78, 5) is 28.0. The number of hydrogen-bond donors (Lipinski definition) is 1. The molecule has 0 spiro atoms. The van der Waals surface area contributed by atoms with Crippen LogP contribution in [0, 0.1) is 26.7 Å². The molecule has 0 saturated carbocycles. The zero-order valence-electron chi connectivity index (χ0n) is 20.4. The van der Waals surface area contributed by atoms with Gasteiger partial charge in [0.15, 0.2) is 0 Å². The predicted molar refractivity (Wildman–Crippen MR) is 136 cm³/mol. The van der Waals surface area contributed by atoms with E-state index < -0.39 is 6.04 Å². The van der Waals surface area contributed by atoms with Gasteiger partial charge in [0.2, 0.25) is 11.8 Å². The van der Waals surface area contributed by atoms with Gasteiger partial charge in [-0.25, -0.2) is 0 Å². The molecule has 0 fully saturated rings. The molecule has 1 atom stereocenters. The van der Waals surface area contributed by atoms with Crippen LogP contribution in [-0.2, 0) is 21.9 Å². The summed E-state index contributed by atoms with van der Waals surface area (Å²) in [6.45, 7) is 13.4. The minimum Gasteiger partial charge on any atom is -0.354 e. The first-order valence-electron chi connectivity index (χ1n) is 11.5. The fourth-order valence-corrected chi connectivity index (χ4v) is 4.69. The average molecular weight is 455 g/mol. The third kappa shape index (κ3) is 8.34. The van der Waals surface area contributed by atoms with Gasteiger partial charge in [-0.2, -0.15) is 0 Å². The lowest BCUT2D eigenvalue weighted by Crippen LogP contribution is -2.50. The standard InChI is InChI=1S/C27H38N2O2S/c1-7-25(27(31)28-15-19(2)3)29(16-23-10-8-9-20(4)12-23)26(30)18-32-17-24-13-21(5)11-22(6)14-24/h8-14,19,25H,7,15-18H2,1-6H3,(H,28,31)/t25-/m1/s1. The largest absolute Gasteiger partial charge is 0.354 e. The lowest BCUT2D eigenvalue weighted by molar-refractivity contribution is -0.139. The molecule has 2 amide bonds. The molecular weight excluding hydrogens is 416 g/mol. The van der Waals surface area contributed by atoms with Gasteiger partial charge in [-0.1, -0.05) is 79.9 Å². The molecule has 2 aromatic carbocycles. The van der Waals surface area contributed by atoms with Crippen LogP contribution in [0.25, 0.3) is 0 Å². The van der Waals surface area contributed by atoms with E-state index >= 15 is 0 Å². The Hall–Kier alpha value is -2.27. The van der Waals surface area contributed by atoms with E-state index in [9.17, 15) is 9.59 Å². The highest BCUT2D eigenvalue weighted by Crippen LogP contribution is 2.19. The lowest BCUT2D eigenvalue weighted by Gasteiger charge is -2.31. The van der Waals surface area contributed by atoms with E-state index in [1.54, 1.807) is 16.7 Å². The number of amides is 2. The Balaban J connectivity index is 2.13. The van der Waals surface area contributed by atoms with Crippen LogP contribution in [0.5, 0.6) is 0 Å². The number of hydrogen-bond acceptors (Lipinski definition) is 3. The van der Waals surface area contributed by atoms with E-state index in [0.29, 0.717) is 31.2 Å². The van der Waals surface area contributed by atoms with Crippen molar-refractivity contribution in [2.24, 2.45) is 5.92 Å². The number of aryl methyl sites for hydroxylation is 3. The second-order valence-corrected chi connectivity index (χ2v) is 10.0. The Morgan fingerprint density at radius 2 is 1.62 bits per heavy atom. The van der Waals surface area contributed by atoms with Crippen LogP contribution in [-0.4, -0.2) is 35.1 Å². The maximum Gasteiger partial charge on any atom is 0.242 e. The molecule has 2 aromatic rings. The first-order chi connectivity index (χ1) is 15.2. The number of nitrogens with one attached hydrogen (secondary N) is 1. The van der Waals surface area contributed by atoms with Crippen molar-refractivity contribution < 1.29 is 9.59 Å². The predicted octanol–water partition coefficient (Wildman–Crippen LogP) is 5.42. The molecule has 4 nitrogen and oxygen atoms in total. The van der Waals surface area contributed by atoms with E-state index in [-0.39, 0.29) is 11.8 Å². The van der Waals surface area contributed by atoms with Gasteiger partial charge in [0.1, 0.15) is 6.04 Å². The number of thioether (sulfide) groups is 1. The van der Waals surface area contributed by atoms with Crippen LogP contribution >= 0.6 is 11.8 Å². The number of carbonyl (C=O) groups is 2. The number of benzene rings is 2. The smallest absolute Gasteiger partial charge is 0.242 e. The van der Waals surface area contributed by atoms with Gasteiger partial charge in [0, 0.05) is 18.8 Å². The summed E-state index contributed by atoms with van der Waals surface area (Å²) >= 11 is 1.61. The molecule has 174 valence electrons. The minimum atomic E-state index is -0.469. The van der Waals surface area contributed by atoms with Crippen LogP contribution in [0.1, 0.15) is 55.0 Å². The van der Waals surface area contributed by atoms with Crippen molar-refractivity contribution in [2.45, 2.75) is 66.3 Å². The van der Waals surface area contributed by atoms with Gasteiger partial charge in [-0.3, -0.25) is 9.59 Å². The number of carbonyl (C=O) groups excluding carboxylic acids is 2. The van der Waals surface area contributed by atoms with Crippen molar-refractivity contribution in [3.63, 3.8) is 0 Å². The molecular formula is C27H38N2O2S. The van der Waals surface area contributed by atoms with Crippen LogP contribution < -0.4 is 5.32 Å². The third-order valence-corrected chi connectivity index (χ3v) is 6.27. The molecule has 0 heterocycles. The summed E-state index contributed by atoms with van der Waals surface area (Å²) in [6, 6.07) is 14.2. The molecule has 0 radical (unpaired) electrons. The van der Waals surface area contributed by atoms with E-state index in [2.05, 4.69) is 57.3 Å². The first kappa shape index (κ1) is 26.0. The SMILES string of the molecule is CC[C@H](C(=O)NCC(C)C)N(Cc1cccc(C)c1)C(=O)CSCc1cc(C)cc(C)c1. The normalized spacial score (nSPS) is 12.0. The quantitative estimate of drug-likeness (QED) is 0.493. The summed E-state index contributed by atoms with van der Waals surface area (Å²) in [6.07, 6.45) is 0.587. The molecule has 1 N–H and O–H groups in total. The Labute approximate surface area is 198 Å². The molecule has 2 rings (SSSR count). The molecule has 0 saturated heterocycles. The highest BCUT2D eigenvalue weighted by Gasteiger charge is 2.28. The van der Waals surface area contributed by atoms with Gasteiger partial charge >= 0.3 is 0 Å².